The number of likely N-dealkylation sites (tertiary alicyclic amines) is 1. The van der Waals surface area contributed by atoms with Crippen molar-refractivity contribution < 1.29 is 10.2 Å². The molecule has 0 amide bonds. The third-order valence-electron chi connectivity index (χ3n) is 1.63. The minimum Gasteiger partial charge on any atom is -0.457 e. The van der Waals surface area contributed by atoms with E-state index in [1.54, 1.807) is 4.90 Å². The van der Waals surface area contributed by atoms with Crippen LogP contribution in [-0.2, 0) is 0 Å². The van der Waals surface area contributed by atoms with Gasteiger partial charge in [0.25, 0.3) is 0 Å². The van der Waals surface area contributed by atoms with Gasteiger partial charge >= 0.3 is 0 Å². The summed E-state index contributed by atoms with van der Waals surface area (Å²) in [5.74, 6) is 0. The fraction of sp³-hybridized carbons (Fsp3) is 0.833. The Hall–Kier alpha value is -0.120. The normalized spacial score (nSPS) is 39.0. The molecule has 0 radical (unpaired) electrons. The molecular formula is C6H12NO2-. The molecule has 0 unspecified atom stereocenters. The van der Waals surface area contributed by atoms with Gasteiger partial charge in [-0.3, -0.25) is 7.05 Å². The average molecular weight is 130 g/mol. The molecule has 0 aromatic carbocycles. The van der Waals surface area contributed by atoms with E-state index in [9.17, 15) is 0 Å². The molecule has 0 aliphatic carbocycles. The summed E-state index contributed by atoms with van der Waals surface area (Å²) in [6, 6.07) is 0. The zero-order valence-corrected chi connectivity index (χ0v) is 5.32. The average Bonchev–Trinajstić information content (AvgIpc) is 1.80. The summed E-state index contributed by atoms with van der Waals surface area (Å²) < 4.78 is 0. The lowest BCUT2D eigenvalue weighted by molar-refractivity contribution is -0.0276. The van der Waals surface area contributed by atoms with Gasteiger partial charge in [-0.1, -0.05) is 0 Å². The first kappa shape index (κ1) is 6.99. The van der Waals surface area contributed by atoms with Crippen molar-refractivity contribution in [2.45, 2.75) is 18.6 Å². The van der Waals surface area contributed by atoms with Gasteiger partial charge in [-0.25, -0.2) is 0 Å². The number of nitrogens with zero attached hydrogens (tertiary/aromatic N) is 1. The van der Waals surface area contributed by atoms with Crippen LogP contribution in [0.3, 0.4) is 0 Å². The smallest absolute Gasteiger partial charge is 0.0901 e. The maximum absolute atomic E-state index is 9.02. The van der Waals surface area contributed by atoms with Crippen LogP contribution in [0.2, 0.25) is 0 Å². The molecule has 9 heavy (non-hydrogen) atoms. The van der Waals surface area contributed by atoms with Crippen LogP contribution in [0.25, 0.3) is 0 Å². The molecule has 1 saturated heterocycles. The maximum atomic E-state index is 9.02. The second-order valence-electron chi connectivity index (χ2n) is 2.50. The Bertz CT molecular complexity index is 97.1. The number of piperidine rings is 1. The minimum absolute atomic E-state index is 0.487. The summed E-state index contributed by atoms with van der Waals surface area (Å²) >= 11 is 0. The summed E-state index contributed by atoms with van der Waals surface area (Å²) in [6.45, 7) is 1.26. The summed E-state index contributed by atoms with van der Waals surface area (Å²) in [6.07, 6.45) is -0.510. The van der Waals surface area contributed by atoms with Crippen molar-refractivity contribution in [2.24, 2.45) is 0 Å². The van der Waals surface area contributed by atoms with Crippen LogP contribution in [0.5, 0.6) is 0 Å². The van der Waals surface area contributed by atoms with Gasteiger partial charge in [-0.05, 0) is 19.5 Å². The number of rotatable bonds is 0. The lowest BCUT2D eigenvalue weighted by Gasteiger charge is -2.35. The van der Waals surface area contributed by atoms with E-state index in [2.05, 4.69) is 7.05 Å². The van der Waals surface area contributed by atoms with Crippen LogP contribution in [0.1, 0.15) is 6.42 Å². The van der Waals surface area contributed by atoms with Gasteiger partial charge in [-0.2, -0.15) is 0 Å². The summed E-state index contributed by atoms with van der Waals surface area (Å²) in [5.41, 5.74) is 0. The second-order valence-corrected chi connectivity index (χ2v) is 2.50. The first-order valence-electron chi connectivity index (χ1n) is 3.11. The zero-order chi connectivity index (χ0) is 6.85. The van der Waals surface area contributed by atoms with Crippen molar-refractivity contribution in [1.82, 2.24) is 4.90 Å². The third-order valence-corrected chi connectivity index (χ3v) is 1.63. The summed E-state index contributed by atoms with van der Waals surface area (Å²) in [7, 11) is 3.64. The molecule has 0 bridgehead atoms. The van der Waals surface area contributed by atoms with Crippen LogP contribution < -0.4 is 0 Å². The Morgan fingerprint density at radius 2 is 2.00 bits per heavy atom. The topological polar surface area (TPSA) is 43.7 Å². The molecule has 3 heteroatoms. The molecule has 1 heterocycles. The molecule has 54 valence electrons. The fourth-order valence-corrected chi connectivity index (χ4v) is 0.985. The van der Waals surface area contributed by atoms with Crippen LogP contribution in [0, 0.1) is 7.05 Å². The van der Waals surface area contributed by atoms with Crippen molar-refractivity contribution in [2.75, 3.05) is 13.1 Å². The van der Waals surface area contributed by atoms with Crippen molar-refractivity contribution in [3.05, 3.63) is 7.05 Å². The molecule has 0 saturated carbocycles. The predicted octanol–water partition coefficient (Wildman–Crippen LogP) is -0.795. The fourth-order valence-electron chi connectivity index (χ4n) is 0.985. The third kappa shape index (κ3) is 1.64. The highest BCUT2D eigenvalue weighted by molar-refractivity contribution is 4.78. The van der Waals surface area contributed by atoms with Crippen LogP contribution in [0.15, 0.2) is 0 Å². The van der Waals surface area contributed by atoms with Crippen molar-refractivity contribution in [1.29, 1.82) is 0 Å². The van der Waals surface area contributed by atoms with E-state index < -0.39 is 12.2 Å². The number of aliphatic hydroxyl groups excluding tert-OH is 2. The van der Waals surface area contributed by atoms with E-state index in [-0.39, 0.29) is 0 Å². The quantitative estimate of drug-likeness (QED) is 0.422. The number of aliphatic hydroxyl groups is 2. The lowest BCUT2D eigenvalue weighted by atomic mass is 10.1. The Morgan fingerprint density at radius 3 is 2.44 bits per heavy atom. The number of hydrogen-bond donors (Lipinski definition) is 2. The molecule has 2 N–H and O–H groups in total. The van der Waals surface area contributed by atoms with Gasteiger partial charge in [0.1, 0.15) is 0 Å². The van der Waals surface area contributed by atoms with Crippen LogP contribution >= 0.6 is 0 Å². The maximum Gasteiger partial charge on any atom is 0.0901 e. The first-order chi connectivity index (χ1) is 4.20. The zero-order valence-electron chi connectivity index (χ0n) is 5.32. The Kier molecular flexibility index (Phi) is 2.05. The van der Waals surface area contributed by atoms with Crippen molar-refractivity contribution in [3.63, 3.8) is 0 Å². The molecule has 0 aromatic heterocycles. The van der Waals surface area contributed by atoms with E-state index in [0.29, 0.717) is 13.0 Å². The van der Waals surface area contributed by atoms with Crippen LogP contribution in [-0.4, -0.2) is 40.4 Å². The SMILES string of the molecule is [CH2-]N1CC[C@@H](O)[C@@H](O)C1. The van der Waals surface area contributed by atoms with Gasteiger partial charge in [-0.15, -0.1) is 0 Å². The highest BCUT2D eigenvalue weighted by atomic mass is 16.3. The highest BCUT2D eigenvalue weighted by Gasteiger charge is 2.20. The largest absolute Gasteiger partial charge is 0.457 e. The van der Waals surface area contributed by atoms with Crippen molar-refractivity contribution in [3.8, 4) is 0 Å². The molecule has 0 aromatic rings. The molecule has 1 aliphatic heterocycles. The monoisotopic (exact) mass is 130 g/mol. The van der Waals surface area contributed by atoms with E-state index in [1.165, 1.54) is 0 Å². The molecule has 2 atom stereocenters. The van der Waals surface area contributed by atoms with Crippen molar-refractivity contribution >= 4 is 0 Å². The molecule has 1 aliphatic rings. The molecule has 1 rings (SSSR count). The molecule has 0 spiro atoms. The van der Waals surface area contributed by atoms with Gasteiger partial charge in [0.05, 0.1) is 12.2 Å². The minimum atomic E-state index is -0.601. The Labute approximate surface area is 54.9 Å². The van der Waals surface area contributed by atoms with Crippen LogP contribution in [0.4, 0.5) is 0 Å². The molecule has 3 nitrogen and oxygen atoms in total. The molecule has 1 fully saturated rings. The van der Waals surface area contributed by atoms with E-state index in [0.717, 1.165) is 6.54 Å². The van der Waals surface area contributed by atoms with Gasteiger partial charge in [0.2, 0.25) is 0 Å². The summed E-state index contributed by atoms with van der Waals surface area (Å²) in [4.78, 5) is 1.76. The van der Waals surface area contributed by atoms with Gasteiger partial charge in [0, 0.05) is 0 Å². The Morgan fingerprint density at radius 1 is 1.33 bits per heavy atom. The molecular weight excluding hydrogens is 118 g/mol. The first-order valence-corrected chi connectivity index (χ1v) is 3.11. The number of hydrogen-bond acceptors (Lipinski definition) is 3. The standard InChI is InChI=1S/C6H12NO2/c1-7-3-2-5(8)6(9)4-7/h5-6,8-9H,1-4H2/q-1/t5-,6+/m1/s1. The highest BCUT2D eigenvalue weighted by Crippen LogP contribution is 2.08. The lowest BCUT2D eigenvalue weighted by Crippen LogP contribution is -2.43. The predicted molar refractivity (Wildman–Crippen MR) is 33.6 cm³/mol. The van der Waals surface area contributed by atoms with E-state index in [1.807, 2.05) is 0 Å². The second kappa shape index (κ2) is 2.64. The Balaban J connectivity index is 2.35. The summed E-state index contributed by atoms with van der Waals surface area (Å²) in [5, 5.41) is 18.0. The van der Waals surface area contributed by atoms with Gasteiger partial charge in [0.15, 0.2) is 0 Å². The number of β-amino-alcohol motifs (C(OH)–C–C–N with tert-alkyl or cyclic N) is 1. The van der Waals surface area contributed by atoms with Gasteiger partial charge < -0.3 is 15.1 Å². The van der Waals surface area contributed by atoms with E-state index in [4.69, 9.17) is 10.2 Å². The van der Waals surface area contributed by atoms with E-state index >= 15 is 0 Å².